The smallest absolute Gasteiger partial charge is 0.267 e. The maximum atomic E-state index is 12.6. The molecule has 0 saturated heterocycles. The predicted molar refractivity (Wildman–Crippen MR) is 104 cm³/mol. The second-order valence-corrected chi connectivity index (χ2v) is 8.56. The topological polar surface area (TPSA) is 101 Å². The minimum atomic E-state index is -0.518. The van der Waals surface area contributed by atoms with Gasteiger partial charge in [0.1, 0.15) is 5.69 Å². The Morgan fingerprint density at radius 3 is 3.00 bits per heavy atom. The third-order valence-electron chi connectivity index (χ3n) is 4.52. The van der Waals surface area contributed by atoms with E-state index in [1.807, 2.05) is 11.4 Å². The van der Waals surface area contributed by atoms with Crippen LogP contribution < -0.4 is 11.1 Å². The molecule has 3 aromatic rings. The number of nitrogens with two attached hydrogens (primary N) is 1. The normalized spacial score (nSPS) is 16.3. The first-order chi connectivity index (χ1) is 12.5. The lowest BCUT2D eigenvalue weighted by Crippen LogP contribution is -2.10. The summed E-state index contributed by atoms with van der Waals surface area (Å²) in [5.74, 6) is 0.0435. The van der Waals surface area contributed by atoms with Gasteiger partial charge in [-0.25, -0.2) is 4.98 Å². The molecule has 1 aliphatic carbocycles. The number of nitrogens with one attached hydrogen (secondary N) is 2. The van der Waals surface area contributed by atoms with Crippen molar-refractivity contribution in [2.45, 2.75) is 26.2 Å². The van der Waals surface area contributed by atoms with Gasteiger partial charge in [-0.05, 0) is 42.9 Å². The molecule has 8 heteroatoms. The van der Waals surface area contributed by atoms with E-state index in [2.05, 4.69) is 22.2 Å². The quantitative estimate of drug-likeness (QED) is 0.637. The van der Waals surface area contributed by atoms with Gasteiger partial charge in [0.2, 0.25) is 0 Å². The molecule has 3 aromatic heterocycles. The van der Waals surface area contributed by atoms with Gasteiger partial charge in [-0.2, -0.15) is 0 Å². The molecule has 4 N–H and O–H groups in total. The van der Waals surface area contributed by atoms with Gasteiger partial charge in [0.15, 0.2) is 5.13 Å². The van der Waals surface area contributed by atoms with Crippen LogP contribution in [0.15, 0.2) is 23.7 Å². The highest BCUT2D eigenvalue weighted by molar-refractivity contribution is 7.15. The van der Waals surface area contributed by atoms with E-state index in [-0.39, 0.29) is 5.91 Å². The van der Waals surface area contributed by atoms with Crippen molar-refractivity contribution >= 4 is 39.6 Å². The highest BCUT2D eigenvalue weighted by Gasteiger charge is 2.21. The van der Waals surface area contributed by atoms with Crippen LogP contribution >= 0.6 is 22.7 Å². The van der Waals surface area contributed by atoms with E-state index in [1.165, 1.54) is 28.2 Å². The fourth-order valence-corrected chi connectivity index (χ4v) is 4.94. The molecule has 0 aliphatic heterocycles. The summed E-state index contributed by atoms with van der Waals surface area (Å²) in [6, 6.07) is 3.67. The number of primary amides is 1. The van der Waals surface area contributed by atoms with Crippen molar-refractivity contribution < 1.29 is 9.59 Å². The molecular weight excluding hydrogens is 368 g/mol. The Bertz CT molecular complexity index is 985. The summed E-state index contributed by atoms with van der Waals surface area (Å²) < 4.78 is 0. The van der Waals surface area contributed by atoms with Crippen LogP contribution in [0.2, 0.25) is 0 Å². The first kappa shape index (κ1) is 17.0. The Kier molecular flexibility index (Phi) is 4.37. The van der Waals surface area contributed by atoms with Gasteiger partial charge in [-0.3, -0.25) is 14.9 Å². The predicted octanol–water partition coefficient (Wildman–Crippen LogP) is 3.68. The molecule has 0 aromatic carbocycles. The molecule has 26 heavy (non-hydrogen) atoms. The number of carbonyl (C=O) groups is 2. The van der Waals surface area contributed by atoms with E-state index in [4.69, 9.17) is 5.73 Å². The third kappa shape index (κ3) is 3.30. The number of H-pyrrole nitrogens is 1. The maximum Gasteiger partial charge on any atom is 0.267 e. The molecule has 4 rings (SSSR count). The molecule has 0 radical (unpaired) electrons. The lowest BCUT2D eigenvalue weighted by molar-refractivity contribution is 0.0994. The fraction of sp³-hybridized carbons (Fsp3) is 0.278. The van der Waals surface area contributed by atoms with Crippen molar-refractivity contribution in [1.29, 1.82) is 0 Å². The standard InChI is InChI=1S/C18H18N4O2S2/c1-9-2-3-14-10(4-9)6-15(26-14)17(24)22-18-21-13(8-25-18)11-5-12(16(19)23)20-7-11/h5-9,20H,2-4H2,1H3,(H2,19,23)(H,21,22,24). The summed E-state index contributed by atoms with van der Waals surface area (Å²) in [6.45, 7) is 2.25. The van der Waals surface area contributed by atoms with Crippen LogP contribution in [0.4, 0.5) is 5.13 Å². The molecular formula is C18H18N4O2S2. The van der Waals surface area contributed by atoms with Crippen LogP contribution in [0.5, 0.6) is 0 Å². The largest absolute Gasteiger partial charge is 0.364 e. The molecule has 1 unspecified atom stereocenters. The summed E-state index contributed by atoms with van der Waals surface area (Å²) in [7, 11) is 0. The lowest BCUT2D eigenvalue weighted by atomic mass is 9.90. The Morgan fingerprint density at radius 2 is 2.23 bits per heavy atom. The van der Waals surface area contributed by atoms with E-state index in [9.17, 15) is 9.59 Å². The number of aryl methyl sites for hydroxylation is 1. The van der Waals surface area contributed by atoms with Gasteiger partial charge in [0.05, 0.1) is 10.6 Å². The number of nitrogens with zero attached hydrogens (tertiary/aromatic N) is 1. The number of aromatic amines is 1. The number of carbonyl (C=O) groups excluding carboxylic acids is 2. The number of thiazole rings is 1. The zero-order valence-corrected chi connectivity index (χ0v) is 15.8. The monoisotopic (exact) mass is 386 g/mol. The van der Waals surface area contributed by atoms with Crippen molar-refractivity contribution in [3.8, 4) is 11.3 Å². The second-order valence-electron chi connectivity index (χ2n) is 6.57. The zero-order valence-electron chi connectivity index (χ0n) is 14.2. The summed E-state index contributed by atoms with van der Waals surface area (Å²) in [4.78, 5) is 33.0. The number of amides is 2. The molecule has 0 bridgehead atoms. The molecule has 134 valence electrons. The van der Waals surface area contributed by atoms with E-state index >= 15 is 0 Å². The molecule has 2 amide bonds. The molecule has 0 spiro atoms. The number of anilines is 1. The Balaban J connectivity index is 1.48. The number of thiophene rings is 1. The first-order valence-corrected chi connectivity index (χ1v) is 10.1. The zero-order chi connectivity index (χ0) is 18.3. The number of aromatic nitrogens is 2. The molecule has 1 atom stereocenters. The lowest BCUT2D eigenvalue weighted by Gasteiger charge is -2.16. The summed E-state index contributed by atoms with van der Waals surface area (Å²) >= 11 is 2.93. The third-order valence-corrected chi connectivity index (χ3v) is 6.52. The highest BCUT2D eigenvalue weighted by Crippen LogP contribution is 2.33. The summed E-state index contributed by atoms with van der Waals surface area (Å²) in [5.41, 5.74) is 8.34. The average molecular weight is 387 g/mol. The Morgan fingerprint density at radius 1 is 1.38 bits per heavy atom. The van der Waals surface area contributed by atoms with Gasteiger partial charge in [0, 0.05) is 22.0 Å². The van der Waals surface area contributed by atoms with Crippen LogP contribution in [0, 0.1) is 5.92 Å². The van der Waals surface area contributed by atoms with E-state index in [1.54, 1.807) is 23.6 Å². The summed E-state index contributed by atoms with van der Waals surface area (Å²) in [5, 5.41) is 5.25. The second kappa shape index (κ2) is 6.69. The Hall–Kier alpha value is -2.45. The van der Waals surface area contributed by atoms with Crippen molar-refractivity contribution in [3.05, 3.63) is 44.7 Å². The minimum absolute atomic E-state index is 0.121. The average Bonchev–Trinajstić information content (AvgIpc) is 3.32. The van der Waals surface area contributed by atoms with Crippen LogP contribution in [0.25, 0.3) is 11.3 Å². The van der Waals surface area contributed by atoms with Crippen molar-refractivity contribution in [2.24, 2.45) is 11.7 Å². The van der Waals surface area contributed by atoms with Crippen LogP contribution in [-0.2, 0) is 12.8 Å². The minimum Gasteiger partial charge on any atom is -0.364 e. The molecule has 0 fully saturated rings. The maximum absolute atomic E-state index is 12.6. The summed E-state index contributed by atoms with van der Waals surface area (Å²) in [6.07, 6.45) is 4.98. The SMILES string of the molecule is CC1CCc2sc(C(=O)Nc3nc(-c4c[nH]c(C(N)=O)c4)cs3)cc2C1. The van der Waals surface area contributed by atoms with Crippen LogP contribution in [0.1, 0.15) is 43.9 Å². The van der Waals surface area contributed by atoms with Gasteiger partial charge < -0.3 is 10.7 Å². The number of rotatable bonds is 4. The van der Waals surface area contributed by atoms with Crippen molar-refractivity contribution in [2.75, 3.05) is 5.32 Å². The van der Waals surface area contributed by atoms with Crippen molar-refractivity contribution in [3.63, 3.8) is 0 Å². The fourth-order valence-electron chi connectivity index (χ4n) is 3.12. The van der Waals surface area contributed by atoms with E-state index < -0.39 is 5.91 Å². The number of fused-ring (bicyclic) bond motifs is 1. The molecule has 1 aliphatic rings. The van der Waals surface area contributed by atoms with Crippen LogP contribution in [-0.4, -0.2) is 21.8 Å². The first-order valence-electron chi connectivity index (χ1n) is 8.36. The van der Waals surface area contributed by atoms with Gasteiger partial charge in [-0.15, -0.1) is 22.7 Å². The van der Waals surface area contributed by atoms with E-state index in [0.29, 0.717) is 22.4 Å². The van der Waals surface area contributed by atoms with E-state index in [0.717, 1.165) is 23.3 Å². The molecule has 0 saturated carbocycles. The highest BCUT2D eigenvalue weighted by atomic mass is 32.1. The number of hydrogen-bond donors (Lipinski definition) is 3. The number of hydrogen-bond acceptors (Lipinski definition) is 5. The molecule has 6 nitrogen and oxygen atoms in total. The molecule has 3 heterocycles. The van der Waals surface area contributed by atoms with Crippen molar-refractivity contribution in [1.82, 2.24) is 9.97 Å². The van der Waals surface area contributed by atoms with Gasteiger partial charge in [-0.1, -0.05) is 6.92 Å². The van der Waals surface area contributed by atoms with Crippen LogP contribution in [0.3, 0.4) is 0 Å². The van der Waals surface area contributed by atoms with Gasteiger partial charge >= 0.3 is 0 Å². The van der Waals surface area contributed by atoms with Gasteiger partial charge in [0.25, 0.3) is 11.8 Å². The Labute approximate surface area is 158 Å².